The predicted octanol–water partition coefficient (Wildman–Crippen LogP) is -1.52. The summed E-state index contributed by atoms with van der Waals surface area (Å²) < 4.78 is 10.8. The fraction of sp³-hybridized carbons (Fsp3) is 0.923. The average Bonchev–Trinajstić information content (AvgIpc) is 2.31. The monoisotopic (exact) mass is 266 g/mol. The number of hydrogen-bond donors (Lipinski definition) is 0. The number of carboxylic acids is 1. The molecule has 0 amide bonds. The smallest absolute Gasteiger partial charge is 0.549 e. The molecule has 18 heavy (non-hydrogen) atoms. The molecule has 0 spiro atoms. The minimum absolute atomic E-state index is 0. The standard InChI is InChI=1S/C13H24O4.Na/c1-3-4-5-6-7-8-11-16-9-13(2,10-17-11)12(14)15;/h11H,3-10H2,1-2H3,(H,14,15);/q;+1/p-1. The molecule has 0 N–H and O–H groups in total. The minimum atomic E-state index is -1.10. The molecule has 0 unspecified atom stereocenters. The zero-order valence-electron chi connectivity index (χ0n) is 11.9. The molecule has 1 rings (SSSR count). The van der Waals surface area contributed by atoms with E-state index in [0.717, 1.165) is 12.8 Å². The number of unbranched alkanes of at least 4 members (excludes halogenated alkanes) is 4. The Bertz CT molecular complexity index is 237. The van der Waals surface area contributed by atoms with Crippen molar-refractivity contribution in [2.24, 2.45) is 5.41 Å². The summed E-state index contributed by atoms with van der Waals surface area (Å²) in [5.41, 5.74) is -0.987. The molecule has 0 saturated carbocycles. The molecule has 1 aliphatic rings. The molecule has 0 atom stereocenters. The van der Waals surface area contributed by atoms with Crippen LogP contribution in [-0.4, -0.2) is 25.5 Å². The van der Waals surface area contributed by atoms with Crippen molar-refractivity contribution in [1.29, 1.82) is 0 Å². The van der Waals surface area contributed by atoms with Crippen LogP contribution >= 0.6 is 0 Å². The summed E-state index contributed by atoms with van der Waals surface area (Å²) in [7, 11) is 0. The Balaban J connectivity index is 0.00000289. The van der Waals surface area contributed by atoms with Crippen LogP contribution in [0.1, 0.15) is 52.4 Å². The van der Waals surface area contributed by atoms with Crippen LogP contribution in [0.3, 0.4) is 0 Å². The molecule has 0 aromatic rings. The van der Waals surface area contributed by atoms with Gasteiger partial charge in [0, 0.05) is 0 Å². The molecule has 0 radical (unpaired) electrons. The van der Waals surface area contributed by atoms with Gasteiger partial charge in [-0.25, -0.2) is 0 Å². The van der Waals surface area contributed by atoms with Crippen molar-refractivity contribution in [2.75, 3.05) is 13.2 Å². The molecule has 1 heterocycles. The summed E-state index contributed by atoms with van der Waals surface area (Å²) in [6.45, 7) is 4.16. The number of hydrogen-bond acceptors (Lipinski definition) is 4. The van der Waals surface area contributed by atoms with E-state index in [4.69, 9.17) is 9.47 Å². The Morgan fingerprint density at radius 1 is 1.22 bits per heavy atom. The van der Waals surface area contributed by atoms with Crippen LogP contribution in [-0.2, 0) is 14.3 Å². The number of carboxylic acid groups (broad SMARTS) is 1. The number of carbonyl (C=O) groups excluding carboxylic acids is 1. The SMILES string of the molecule is CCCCCCCC1OCC(C)(C(=O)[O-])CO1.[Na+]. The van der Waals surface area contributed by atoms with Gasteiger partial charge >= 0.3 is 29.6 Å². The average molecular weight is 266 g/mol. The first-order valence-corrected chi connectivity index (χ1v) is 6.53. The van der Waals surface area contributed by atoms with E-state index in [0.29, 0.717) is 0 Å². The second kappa shape index (κ2) is 9.32. The van der Waals surface area contributed by atoms with Crippen molar-refractivity contribution in [2.45, 2.75) is 58.7 Å². The third-order valence-corrected chi connectivity index (χ3v) is 3.21. The summed E-state index contributed by atoms with van der Waals surface area (Å²) in [5, 5.41) is 10.8. The van der Waals surface area contributed by atoms with Crippen molar-refractivity contribution in [1.82, 2.24) is 0 Å². The molecular weight excluding hydrogens is 243 g/mol. The van der Waals surface area contributed by atoms with Gasteiger partial charge in [0.15, 0.2) is 6.29 Å². The molecule has 1 fully saturated rings. The van der Waals surface area contributed by atoms with Crippen molar-refractivity contribution >= 4 is 5.97 Å². The van der Waals surface area contributed by atoms with E-state index in [9.17, 15) is 9.90 Å². The van der Waals surface area contributed by atoms with E-state index in [2.05, 4.69) is 6.92 Å². The summed E-state index contributed by atoms with van der Waals surface area (Å²) in [5.74, 6) is -1.10. The quantitative estimate of drug-likeness (QED) is 0.415. The van der Waals surface area contributed by atoms with E-state index in [1.165, 1.54) is 25.7 Å². The van der Waals surface area contributed by atoms with Gasteiger partial charge in [-0.15, -0.1) is 0 Å². The Morgan fingerprint density at radius 2 is 1.78 bits per heavy atom. The maximum atomic E-state index is 10.8. The topological polar surface area (TPSA) is 58.6 Å². The van der Waals surface area contributed by atoms with Crippen LogP contribution in [0.25, 0.3) is 0 Å². The Hall–Kier alpha value is 0.390. The van der Waals surface area contributed by atoms with E-state index in [1.54, 1.807) is 6.92 Å². The van der Waals surface area contributed by atoms with Crippen LogP contribution in [0, 0.1) is 5.41 Å². The summed E-state index contributed by atoms with van der Waals surface area (Å²) in [4.78, 5) is 10.8. The van der Waals surface area contributed by atoms with Crippen molar-refractivity contribution < 1.29 is 48.9 Å². The first-order valence-electron chi connectivity index (χ1n) is 6.53. The number of ether oxygens (including phenoxy) is 2. The Morgan fingerprint density at radius 3 is 2.28 bits per heavy atom. The maximum absolute atomic E-state index is 10.8. The van der Waals surface area contributed by atoms with Gasteiger partial charge in [0.2, 0.25) is 0 Å². The van der Waals surface area contributed by atoms with E-state index in [-0.39, 0.29) is 49.1 Å². The molecule has 0 aromatic carbocycles. The molecule has 4 nitrogen and oxygen atoms in total. The zero-order valence-corrected chi connectivity index (χ0v) is 13.9. The van der Waals surface area contributed by atoms with Gasteiger partial charge in [0.25, 0.3) is 0 Å². The fourth-order valence-corrected chi connectivity index (χ4v) is 1.84. The van der Waals surface area contributed by atoms with Crippen LogP contribution in [0.2, 0.25) is 0 Å². The van der Waals surface area contributed by atoms with Gasteiger partial charge in [0.05, 0.1) is 24.6 Å². The molecule has 0 bridgehead atoms. The van der Waals surface area contributed by atoms with Crippen molar-refractivity contribution in [3.8, 4) is 0 Å². The van der Waals surface area contributed by atoms with Gasteiger partial charge in [-0.3, -0.25) is 0 Å². The minimum Gasteiger partial charge on any atom is -0.549 e. The summed E-state index contributed by atoms with van der Waals surface area (Å²) in [6.07, 6.45) is 6.65. The zero-order chi connectivity index (χ0) is 12.7. The van der Waals surface area contributed by atoms with Crippen LogP contribution in [0.4, 0.5) is 0 Å². The largest absolute Gasteiger partial charge is 1.00 e. The van der Waals surface area contributed by atoms with Crippen molar-refractivity contribution in [3.05, 3.63) is 0 Å². The first-order chi connectivity index (χ1) is 8.08. The summed E-state index contributed by atoms with van der Waals surface area (Å²) in [6, 6.07) is 0. The molecular formula is C13H23NaO4. The number of carbonyl (C=O) groups is 1. The van der Waals surface area contributed by atoms with Gasteiger partial charge in [-0.2, -0.15) is 0 Å². The normalized spacial score (nSPS) is 27.6. The fourth-order valence-electron chi connectivity index (χ4n) is 1.84. The van der Waals surface area contributed by atoms with Crippen LogP contribution < -0.4 is 34.7 Å². The van der Waals surface area contributed by atoms with Crippen LogP contribution in [0.5, 0.6) is 0 Å². The second-order valence-electron chi connectivity index (χ2n) is 5.10. The Labute approximate surface area is 132 Å². The van der Waals surface area contributed by atoms with Gasteiger partial charge in [-0.05, 0) is 19.8 Å². The predicted molar refractivity (Wildman–Crippen MR) is 62.2 cm³/mol. The number of aliphatic carboxylic acids is 1. The third kappa shape index (κ3) is 6.02. The van der Waals surface area contributed by atoms with E-state index >= 15 is 0 Å². The molecule has 0 aromatic heterocycles. The summed E-state index contributed by atoms with van der Waals surface area (Å²) >= 11 is 0. The molecule has 0 aliphatic carbocycles. The second-order valence-corrected chi connectivity index (χ2v) is 5.10. The van der Waals surface area contributed by atoms with Crippen molar-refractivity contribution in [3.63, 3.8) is 0 Å². The molecule has 100 valence electrons. The molecule has 5 heteroatoms. The third-order valence-electron chi connectivity index (χ3n) is 3.21. The Kier molecular flexibility index (Phi) is 9.52. The first kappa shape index (κ1) is 18.4. The van der Waals surface area contributed by atoms with Gasteiger partial charge in [-0.1, -0.05) is 32.6 Å². The number of rotatable bonds is 7. The van der Waals surface area contributed by atoms with E-state index < -0.39 is 11.4 Å². The van der Waals surface area contributed by atoms with Crippen LogP contribution in [0.15, 0.2) is 0 Å². The van der Waals surface area contributed by atoms with Gasteiger partial charge in [0.1, 0.15) is 0 Å². The van der Waals surface area contributed by atoms with Gasteiger partial charge < -0.3 is 19.4 Å². The maximum Gasteiger partial charge on any atom is 1.00 e. The molecule has 1 aliphatic heterocycles. The van der Waals surface area contributed by atoms with E-state index in [1.807, 2.05) is 0 Å². The molecule has 1 saturated heterocycles.